The number of hydrogen-bond donors (Lipinski definition) is 1. The first kappa shape index (κ1) is 22.6. The van der Waals surface area contributed by atoms with Crippen molar-refractivity contribution in [2.24, 2.45) is 0 Å². The molecule has 172 valence electrons. The van der Waals surface area contributed by atoms with E-state index >= 15 is 0 Å². The van der Waals surface area contributed by atoms with Crippen LogP contribution in [0.2, 0.25) is 0 Å². The molecule has 0 bridgehead atoms. The number of rotatable bonds is 6. The summed E-state index contributed by atoms with van der Waals surface area (Å²) in [5.41, 5.74) is 2.11. The van der Waals surface area contributed by atoms with E-state index in [-0.39, 0.29) is 37.5 Å². The van der Waals surface area contributed by atoms with Crippen LogP contribution in [0.3, 0.4) is 0 Å². The number of aromatic nitrogens is 2. The standard InChI is InChI=1S/C24H24F2N4O3/c1-14-7-8-20-18(9-14)23(15(2)31)28-30(20)13-22(32)29-12-17(25)10-21(29)24(33)27-11-16-5-3-4-6-19(16)26/h3-9,17,21H,10-13H2,1-2H3,(H,27,33)/t17-,21+/m1/s1. The molecule has 2 heterocycles. The summed E-state index contributed by atoms with van der Waals surface area (Å²) in [5, 5.41) is 7.54. The number of ketones is 1. The van der Waals surface area contributed by atoms with Crippen molar-refractivity contribution in [3.05, 3.63) is 65.1 Å². The lowest BCUT2D eigenvalue weighted by Gasteiger charge is -2.23. The Morgan fingerprint density at radius 3 is 2.67 bits per heavy atom. The Labute approximate surface area is 189 Å². The summed E-state index contributed by atoms with van der Waals surface area (Å²) in [6, 6.07) is 10.5. The zero-order valence-corrected chi connectivity index (χ0v) is 18.3. The van der Waals surface area contributed by atoms with Gasteiger partial charge < -0.3 is 10.2 Å². The summed E-state index contributed by atoms with van der Waals surface area (Å²) >= 11 is 0. The van der Waals surface area contributed by atoms with E-state index in [0.717, 1.165) is 5.56 Å². The summed E-state index contributed by atoms with van der Waals surface area (Å²) < 4.78 is 29.5. The molecule has 0 spiro atoms. The number of nitrogens with zero attached hydrogens (tertiary/aromatic N) is 3. The number of nitrogens with one attached hydrogen (secondary N) is 1. The average molecular weight is 454 g/mol. The van der Waals surface area contributed by atoms with Crippen LogP contribution in [-0.2, 0) is 22.7 Å². The second-order valence-corrected chi connectivity index (χ2v) is 8.29. The van der Waals surface area contributed by atoms with E-state index in [9.17, 15) is 23.2 Å². The largest absolute Gasteiger partial charge is 0.350 e. The molecule has 1 aliphatic heterocycles. The molecule has 0 aliphatic carbocycles. The van der Waals surface area contributed by atoms with Crippen LogP contribution in [0.25, 0.3) is 10.9 Å². The Bertz CT molecular complexity index is 1240. The first-order chi connectivity index (χ1) is 15.7. The molecule has 9 heteroatoms. The predicted molar refractivity (Wildman–Crippen MR) is 118 cm³/mol. The highest BCUT2D eigenvalue weighted by Gasteiger charge is 2.40. The van der Waals surface area contributed by atoms with Gasteiger partial charge >= 0.3 is 0 Å². The molecule has 1 saturated heterocycles. The number of aryl methyl sites for hydroxylation is 1. The minimum absolute atomic E-state index is 0.0634. The summed E-state index contributed by atoms with van der Waals surface area (Å²) in [5.74, 6) is -1.71. The Kier molecular flexibility index (Phi) is 6.22. The highest BCUT2D eigenvalue weighted by molar-refractivity contribution is 6.05. The molecular formula is C24H24F2N4O3. The van der Waals surface area contributed by atoms with Gasteiger partial charge in [0.05, 0.1) is 12.1 Å². The summed E-state index contributed by atoms with van der Waals surface area (Å²) in [4.78, 5) is 39.0. The van der Waals surface area contributed by atoms with Crippen molar-refractivity contribution in [1.82, 2.24) is 20.0 Å². The number of alkyl halides is 1. The third-order valence-electron chi connectivity index (χ3n) is 5.81. The van der Waals surface area contributed by atoms with Gasteiger partial charge in [-0.3, -0.25) is 19.1 Å². The molecular weight excluding hydrogens is 430 g/mol. The predicted octanol–water partition coefficient (Wildman–Crippen LogP) is 2.94. The number of Topliss-reactive ketones (excluding diaryl/α,β-unsaturated/α-hetero) is 1. The minimum atomic E-state index is -1.34. The van der Waals surface area contributed by atoms with Crippen LogP contribution < -0.4 is 5.32 Å². The van der Waals surface area contributed by atoms with E-state index in [4.69, 9.17) is 0 Å². The summed E-state index contributed by atoms with van der Waals surface area (Å²) in [6.07, 6.45) is -1.48. The molecule has 0 radical (unpaired) electrons. The second-order valence-electron chi connectivity index (χ2n) is 8.29. The molecule has 0 saturated carbocycles. The number of carbonyl (C=O) groups excluding carboxylic acids is 3. The van der Waals surface area contributed by atoms with Crippen LogP contribution in [0.15, 0.2) is 42.5 Å². The fraction of sp³-hybridized carbons (Fsp3) is 0.333. The van der Waals surface area contributed by atoms with Crippen molar-refractivity contribution in [3.8, 4) is 0 Å². The SMILES string of the molecule is CC(=O)c1nn(CC(=O)N2C[C@H](F)C[C@H]2C(=O)NCc2ccccc2F)c2ccc(C)cc12. The maximum Gasteiger partial charge on any atom is 0.245 e. The quantitative estimate of drug-likeness (QED) is 0.581. The fourth-order valence-corrected chi connectivity index (χ4v) is 4.14. The van der Waals surface area contributed by atoms with Crippen molar-refractivity contribution in [1.29, 1.82) is 0 Å². The molecule has 33 heavy (non-hydrogen) atoms. The topological polar surface area (TPSA) is 84.3 Å². The molecule has 7 nitrogen and oxygen atoms in total. The van der Waals surface area contributed by atoms with E-state index < -0.39 is 29.8 Å². The Balaban J connectivity index is 1.52. The Hall–Kier alpha value is -3.62. The zero-order chi connectivity index (χ0) is 23.7. The van der Waals surface area contributed by atoms with E-state index in [2.05, 4.69) is 10.4 Å². The summed E-state index contributed by atoms with van der Waals surface area (Å²) in [7, 11) is 0. The lowest BCUT2D eigenvalue weighted by atomic mass is 10.1. The van der Waals surface area contributed by atoms with Crippen LogP contribution in [0, 0.1) is 12.7 Å². The Morgan fingerprint density at radius 1 is 1.18 bits per heavy atom. The molecule has 2 atom stereocenters. The molecule has 1 N–H and O–H groups in total. The van der Waals surface area contributed by atoms with Crippen molar-refractivity contribution < 1.29 is 23.2 Å². The van der Waals surface area contributed by atoms with Crippen LogP contribution in [-0.4, -0.2) is 51.0 Å². The van der Waals surface area contributed by atoms with E-state index in [0.29, 0.717) is 16.5 Å². The second kappa shape index (κ2) is 9.09. The maximum absolute atomic E-state index is 14.2. The number of likely N-dealkylation sites (tertiary alicyclic amines) is 1. The smallest absolute Gasteiger partial charge is 0.245 e. The monoisotopic (exact) mass is 454 g/mol. The Morgan fingerprint density at radius 2 is 1.94 bits per heavy atom. The number of carbonyl (C=O) groups is 3. The molecule has 1 aromatic heterocycles. The highest BCUT2D eigenvalue weighted by Crippen LogP contribution is 2.24. The number of hydrogen-bond acceptors (Lipinski definition) is 4. The van der Waals surface area contributed by atoms with Gasteiger partial charge in [0.2, 0.25) is 11.8 Å². The van der Waals surface area contributed by atoms with Gasteiger partial charge in [-0.15, -0.1) is 0 Å². The van der Waals surface area contributed by atoms with E-state index in [1.807, 2.05) is 19.1 Å². The average Bonchev–Trinajstić information content (AvgIpc) is 3.33. The van der Waals surface area contributed by atoms with Gasteiger partial charge in [-0.25, -0.2) is 8.78 Å². The van der Waals surface area contributed by atoms with Gasteiger partial charge in [0.15, 0.2) is 5.78 Å². The van der Waals surface area contributed by atoms with Gasteiger partial charge in [-0.1, -0.05) is 29.8 Å². The molecule has 0 unspecified atom stereocenters. The van der Waals surface area contributed by atoms with E-state index in [1.165, 1.54) is 22.6 Å². The lowest BCUT2D eigenvalue weighted by molar-refractivity contribution is -0.139. The number of benzene rings is 2. The molecule has 1 aliphatic rings. The van der Waals surface area contributed by atoms with E-state index in [1.54, 1.807) is 24.3 Å². The van der Waals surface area contributed by atoms with Crippen molar-refractivity contribution in [2.75, 3.05) is 6.54 Å². The third kappa shape index (κ3) is 4.62. The normalized spacial score (nSPS) is 18.0. The maximum atomic E-state index is 14.2. The minimum Gasteiger partial charge on any atom is -0.350 e. The van der Waals surface area contributed by atoms with Crippen LogP contribution >= 0.6 is 0 Å². The first-order valence-electron chi connectivity index (χ1n) is 10.7. The molecule has 2 amide bonds. The van der Waals surface area contributed by atoms with Crippen LogP contribution in [0.4, 0.5) is 8.78 Å². The zero-order valence-electron chi connectivity index (χ0n) is 18.3. The molecule has 2 aromatic carbocycles. The van der Waals surface area contributed by atoms with Crippen molar-refractivity contribution in [3.63, 3.8) is 0 Å². The fourth-order valence-electron chi connectivity index (χ4n) is 4.14. The first-order valence-corrected chi connectivity index (χ1v) is 10.7. The highest BCUT2D eigenvalue weighted by atomic mass is 19.1. The van der Waals surface area contributed by atoms with Gasteiger partial charge in [0.25, 0.3) is 0 Å². The third-order valence-corrected chi connectivity index (χ3v) is 5.81. The molecule has 4 rings (SSSR count). The van der Waals surface area contributed by atoms with Gasteiger partial charge in [0, 0.05) is 30.8 Å². The van der Waals surface area contributed by atoms with Crippen molar-refractivity contribution in [2.45, 2.75) is 45.6 Å². The van der Waals surface area contributed by atoms with Gasteiger partial charge in [0.1, 0.15) is 30.3 Å². The lowest BCUT2D eigenvalue weighted by Crippen LogP contribution is -2.46. The number of halogens is 2. The van der Waals surface area contributed by atoms with Crippen LogP contribution in [0.1, 0.15) is 35.0 Å². The summed E-state index contributed by atoms with van der Waals surface area (Å²) in [6.45, 7) is 2.78. The molecule has 3 aromatic rings. The molecule has 1 fully saturated rings. The number of fused-ring (bicyclic) bond motifs is 1. The van der Waals surface area contributed by atoms with Gasteiger partial charge in [-0.2, -0.15) is 5.10 Å². The van der Waals surface area contributed by atoms with Gasteiger partial charge in [-0.05, 0) is 25.1 Å². The van der Waals surface area contributed by atoms with Crippen LogP contribution in [0.5, 0.6) is 0 Å². The van der Waals surface area contributed by atoms with Crippen molar-refractivity contribution >= 4 is 28.5 Å². The number of amides is 2.